The van der Waals surface area contributed by atoms with Crippen molar-refractivity contribution in [3.8, 4) is 0 Å². The average molecular weight is 397 g/mol. The Labute approximate surface area is 158 Å². The Hall–Kier alpha value is -2.36. The predicted octanol–water partition coefficient (Wildman–Crippen LogP) is 1.86. The van der Waals surface area contributed by atoms with Crippen molar-refractivity contribution in [1.82, 2.24) is 14.5 Å². The van der Waals surface area contributed by atoms with E-state index in [1.165, 1.54) is 32.2 Å². The number of sulfonamides is 1. The molecular formula is C17H24FN5O3S. The SMILES string of the molecule is CN1C(=N)N[C@](C)(c2cc(NC(=O)N3CCCCC3)ccc2F)CS1(=O)=O. The van der Waals surface area contributed by atoms with Crippen LogP contribution < -0.4 is 10.6 Å². The number of carbonyl (C=O) groups excluding carboxylic acids is 1. The second-order valence-corrected chi connectivity index (χ2v) is 9.20. The summed E-state index contributed by atoms with van der Waals surface area (Å²) in [7, 11) is -2.48. The number of urea groups is 1. The van der Waals surface area contributed by atoms with Gasteiger partial charge in [-0.15, -0.1) is 0 Å². The van der Waals surface area contributed by atoms with Crippen molar-refractivity contribution in [2.45, 2.75) is 31.7 Å². The minimum absolute atomic E-state index is 0.0837. The van der Waals surface area contributed by atoms with Gasteiger partial charge in [-0.1, -0.05) is 0 Å². The molecule has 0 saturated carbocycles. The molecule has 148 valence electrons. The molecule has 1 aromatic carbocycles. The number of likely N-dealkylation sites (tertiary alicyclic amines) is 1. The first-order valence-corrected chi connectivity index (χ1v) is 10.4. The molecule has 2 saturated heterocycles. The Morgan fingerprint density at radius 2 is 1.96 bits per heavy atom. The topological polar surface area (TPSA) is 106 Å². The fourth-order valence-corrected chi connectivity index (χ4v) is 4.92. The molecular weight excluding hydrogens is 373 g/mol. The first kappa shape index (κ1) is 19.4. The summed E-state index contributed by atoms with van der Waals surface area (Å²) in [6, 6.07) is 3.81. The Morgan fingerprint density at radius 3 is 2.59 bits per heavy atom. The molecule has 1 aromatic rings. The second kappa shape index (κ2) is 6.99. The zero-order chi connectivity index (χ0) is 19.8. The Bertz CT molecular complexity index is 869. The van der Waals surface area contributed by atoms with Crippen LogP contribution in [-0.2, 0) is 15.6 Å². The quantitative estimate of drug-likeness (QED) is 0.708. The van der Waals surface area contributed by atoms with Gasteiger partial charge in [0, 0.05) is 31.4 Å². The lowest BCUT2D eigenvalue weighted by atomic mass is 9.93. The van der Waals surface area contributed by atoms with Gasteiger partial charge in [0.2, 0.25) is 16.0 Å². The number of piperidine rings is 1. The van der Waals surface area contributed by atoms with E-state index in [0.29, 0.717) is 18.8 Å². The molecule has 0 radical (unpaired) electrons. The van der Waals surface area contributed by atoms with Gasteiger partial charge in [0.15, 0.2) is 0 Å². The monoisotopic (exact) mass is 397 g/mol. The van der Waals surface area contributed by atoms with Crippen LogP contribution in [0.4, 0.5) is 14.9 Å². The summed E-state index contributed by atoms with van der Waals surface area (Å²) in [5.74, 6) is -1.33. The number of hydrogen-bond acceptors (Lipinski definition) is 4. The molecule has 2 aliphatic rings. The summed E-state index contributed by atoms with van der Waals surface area (Å²) in [5, 5.41) is 13.4. The first-order valence-electron chi connectivity index (χ1n) is 8.82. The zero-order valence-corrected chi connectivity index (χ0v) is 16.2. The molecule has 1 atom stereocenters. The van der Waals surface area contributed by atoms with E-state index in [9.17, 15) is 17.6 Å². The molecule has 2 heterocycles. The molecule has 0 bridgehead atoms. The van der Waals surface area contributed by atoms with Crippen molar-refractivity contribution >= 4 is 27.7 Å². The Balaban J connectivity index is 1.87. The average Bonchev–Trinajstić information content (AvgIpc) is 2.61. The van der Waals surface area contributed by atoms with Gasteiger partial charge in [0.1, 0.15) is 5.82 Å². The molecule has 8 nitrogen and oxygen atoms in total. The summed E-state index contributed by atoms with van der Waals surface area (Å²) in [4.78, 5) is 14.1. The van der Waals surface area contributed by atoms with Crippen molar-refractivity contribution in [3.05, 3.63) is 29.6 Å². The van der Waals surface area contributed by atoms with Crippen molar-refractivity contribution in [2.24, 2.45) is 0 Å². The van der Waals surface area contributed by atoms with Crippen molar-refractivity contribution in [3.63, 3.8) is 0 Å². The van der Waals surface area contributed by atoms with Gasteiger partial charge in [-0.05, 0) is 44.4 Å². The van der Waals surface area contributed by atoms with Crippen LogP contribution in [-0.4, -0.2) is 55.5 Å². The highest BCUT2D eigenvalue weighted by Gasteiger charge is 2.43. The van der Waals surface area contributed by atoms with E-state index in [0.717, 1.165) is 23.6 Å². The molecule has 0 aromatic heterocycles. The summed E-state index contributed by atoms with van der Waals surface area (Å²) < 4.78 is 40.0. The maximum Gasteiger partial charge on any atom is 0.321 e. The Kier molecular flexibility index (Phi) is 5.02. The number of hydrogen-bond donors (Lipinski definition) is 3. The Morgan fingerprint density at radius 1 is 1.30 bits per heavy atom. The van der Waals surface area contributed by atoms with Crippen LogP contribution >= 0.6 is 0 Å². The lowest BCUT2D eigenvalue weighted by molar-refractivity contribution is 0.200. The van der Waals surface area contributed by atoms with Crippen LogP contribution in [0.15, 0.2) is 18.2 Å². The highest BCUT2D eigenvalue weighted by molar-refractivity contribution is 7.89. The maximum absolute atomic E-state index is 14.5. The van der Waals surface area contributed by atoms with Crippen LogP contribution in [0.1, 0.15) is 31.7 Å². The van der Waals surface area contributed by atoms with Crippen molar-refractivity contribution in [1.29, 1.82) is 5.41 Å². The third kappa shape index (κ3) is 3.85. The normalized spacial score (nSPS) is 25.1. The van der Waals surface area contributed by atoms with E-state index in [2.05, 4.69) is 10.6 Å². The van der Waals surface area contributed by atoms with E-state index in [4.69, 9.17) is 5.41 Å². The summed E-state index contributed by atoms with van der Waals surface area (Å²) in [6.45, 7) is 2.89. The van der Waals surface area contributed by atoms with Gasteiger partial charge < -0.3 is 15.5 Å². The number of rotatable bonds is 2. The largest absolute Gasteiger partial charge is 0.345 e. The second-order valence-electron chi connectivity index (χ2n) is 7.20. The third-order valence-electron chi connectivity index (χ3n) is 5.05. The standard InChI is InChI=1S/C17H24FN5O3S/c1-17(11-27(25,26)22(2)15(19)21-17)13-10-12(6-7-14(13)18)20-16(24)23-8-4-3-5-9-23/h6-7,10H,3-5,8-9,11H2,1-2H3,(H2,19,21)(H,20,24)/t17-/m0/s1. The van der Waals surface area contributed by atoms with Crippen LogP contribution in [0.2, 0.25) is 0 Å². The van der Waals surface area contributed by atoms with E-state index >= 15 is 0 Å². The minimum atomic E-state index is -3.75. The van der Waals surface area contributed by atoms with Crippen LogP contribution in [0.25, 0.3) is 0 Å². The molecule has 2 amide bonds. The van der Waals surface area contributed by atoms with E-state index in [1.807, 2.05) is 0 Å². The van der Waals surface area contributed by atoms with E-state index in [-0.39, 0.29) is 17.6 Å². The van der Waals surface area contributed by atoms with E-state index in [1.54, 1.807) is 4.90 Å². The molecule has 3 N–H and O–H groups in total. The molecule has 0 spiro atoms. The number of nitrogens with zero attached hydrogens (tertiary/aromatic N) is 2. The number of halogens is 1. The van der Waals surface area contributed by atoms with Crippen molar-refractivity contribution in [2.75, 3.05) is 31.2 Å². The van der Waals surface area contributed by atoms with Gasteiger partial charge in [0.25, 0.3) is 0 Å². The number of carbonyl (C=O) groups is 1. The fourth-order valence-electron chi connectivity index (χ4n) is 3.45. The molecule has 27 heavy (non-hydrogen) atoms. The number of anilines is 1. The number of guanidine groups is 1. The lowest BCUT2D eigenvalue weighted by Crippen LogP contribution is -2.61. The van der Waals surface area contributed by atoms with Crippen LogP contribution in [0.3, 0.4) is 0 Å². The zero-order valence-electron chi connectivity index (χ0n) is 15.4. The lowest BCUT2D eigenvalue weighted by Gasteiger charge is -2.40. The van der Waals surface area contributed by atoms with Crippen molar-refractivity contribution < 1.29 is 17.6 Å². The maximum atomic E-state index is 14.5. The predicted molar refractivity (Wildman–Crippen MR) is 101 cm³/mol. The number of amides is 2. The van der Waals surface area contributed by atoms with Gasteiger partial charge >= 0.3 is 6.03 Å². The van der Waals surface area contributed by atoms with Crippen LogP contribution in [0, 0.1) is 11.2 Å². The molecule has 10 heteroatoms. The van der Waals surface area contributed by atoms with Gasteiger partial charge in [-0.2, -0.15) is 0 Å². The molecule has 2 aliphatic heterocycles. The molecule has 0 aliphatic carbocycles. The van der Waals surface area contributed by atoms with E-state index < -0.39 is 27.1 Å². The first-order chi connectivity index (χ1) is 12.6. The summed E-state index contributed by atoms with van der Waals surface area (Å²) in [5.41, 5.74) is -0.855. The highest BCUT2D eigenvalue weighted by Crippen LogP contribution is 2.31. The van der Waals surface area contributed by atoms with Gasteiger partial charge in [-0.25, -0.2) is 21.9 Å². The highest BCUT2D eigenvalue weighted by atomic mass is 32.2. The fraction of sp³-hybridized carbons (Fsp3) is 0.529. The van der Waals surface area contributed by atoms with Gasteiger partial charge in [-0.3, -0.25) is 5.41 Å². The minimum Gasteiger partial charge on any atom is -0.345 e. The summed E-state index contributed by atoms with van der Waals surface area (Å²) >= 11 is 0. The summed E-state index contributed by atoms with van der Waals surface area (Å²) in [6.07, 6.45) is 3.01. The number of benzene rings is 1. The molecule has 2 fully saturated rings. The van der Waals surface area contributed by atoms with Gasteiger partial charge in [0.05, 0.1) is 11.3 Å². The third-order valence-corrected chi connectivity index (χ3v) is 7.01. The molecule has 0 unspecified atom stereocenters. The smallest absolute Gasteiger partial charge is 0.321 e. The molecule has 3 rings (SSSR count). The van der Waals surface area contributed by atoms with Crippen LogP contribution in [0.5, 0.6) is 0 Å². The number of nitrogens with one attached hydrogen (secondary N) is 3.